The minimum atomic E-state index is -0.752. The Morgan fingerprint density at radius 1 is 1.50 bits per heavy atom. The number of tetrazole rings is 1. The maximum absolute atomic E-state index is 10.2. The highest BCUT2D eigenvalue weighted by molar-refractivity contribution is 5.66. The number of hydrogen-bond donors (Lipinski definition) is 1. The maximum Gasteiger partial charge on any atom is 0.303 e. The van der Waals surface area contributed by atoms with Gasteiger partial charge in [-0.1, -0.05) is 6.92 Å². The van der Waals surface area contributed by atoms with Crippen LogP contribution in [0.3, 0.4) is 0 Å². The molecule has 78 valence electrons. The van der Waals surface area contributed by atoms with Gasteiger partial charge in [-0.2, -0.15) is 0 Å². The average molecular weight is 198 g/mol. The molecular weight excluding hydrogens is 184 g/mol. The monoisotopic (exact) mass is 198 g/mol. The molecule has 1 aromatic heterocycles. The molecule has 1 N–H and O–H groups in total. The van der Waals surface area contributed by atoms with Crippen LogP contribution in [0.1, 0.15) is 32.0 Å². The third kappa shape index (κ3) is 3.12. The molecule has 6 nitrogen and oxygen atoms in total. The second-order valence-electron chi connectivity index (χ2n) is 3.02. The van der Waals surface area contributed by atoms with Crippen molar-refractivity contribution < 1.29 is 9.90 Å². The molecule has 0 aromatic carbocycles. The molecule has 0 aliphatic heterocycles. The van der Waals surface area contributed by atoms with Crippen molar-refractivity contribution >= 4 is 5.97 Å². The van der Waals surface area contributed by atoms with Gasteiger partial charge in [-0.3, -0.25) is 4.79 Å². The van der Waals surface area contributed by atoms with Crippen molar-refractivity contribution in [2.24, 2.45) is 0 Å². The van der Waals surface area contributed by atoms with Gasteiger partial charge in [0.25, 0.3) is 0 Å². The predicted octanol–water partition coefficient (Wildman–Crippen LogP) is 0.490. The number of carboxylic acids is 1. The van der Waals surface area contributed by atoms with E-state index >= 15 is 0 Å². The lowest BCUT2D eigenvalue weighted by Crippen LogP contribution is -2.06. The van der Waals surface area contributed by atoms with Crippen molar-refractivity contribution in [1.29, 1.82) is 0 Å². The van der Waals surface area contributed by atoms with Crippen LogP contribution in [-0.4, -0.2) is 31.3 Å². The normalized spacial score (nSPS) is 10.4. The average Bonchev–Trinajstić information content (AvgIpc) is 2.59. The second kappa shape index (κ2) is 5.31. The number of carbonyl (C=O) groups is 1. The van der Waals surface area contributed by atoms with Crippen molar-refractivity contribution in [2.45, 2.75) is 39.2 Å². The quantitative estimate of drug-likeness (QED) is 0.673. The van der Waals surface area contributed by atoms with Crippen LogP contribution in [0.25, 0.3) is 0 Å². The molecule has 0 saturated heterocycles. The molecule has 1 rings (SSSR count). The van der Waals surface area contributed by atoms with E-state index in [-0.39, 0.29) is 6.42 Å². The van der Waals surface area contributed by atoms with Gasteiger partial charge in [0, 0.05) is 19.4 Å². The molecule has 0 radical (unpaired) electrons. The van der Waals surface area contributed by atoms with Gasteiger partial charge in [0.2, 0.25) is 0 Å². The Labute approximate surface area is 81.9 Å². The molecule has 14 heavy (non-hydrogen) atoms. The van der Waals surface area contributed by atoms with Crippen molar-refractivity contribution in [2.75, 3.05) is 0 Å². The number of rotatable bonds is 6. The fourth-order valence-electron chi connectivity index (χ4n) is 1.19. The lowest BCUT2D eigenvalue weighted by Gasteiger charge is -2.01. The zero-order valence-electron chi connectivity index (χ0n) is 8.18. The lowest BCUT2D eigenvalue weighted by molar-refractivity contribution is -0.137. The van der Waals surface area contributed by atoms with Crippen molar-refractivity contribution in [3.63, 3.8) is 0 Å². The van der Waals surface area contributed by atoms with Gasteiger partial charge in [-0.25, -0.2) is 4.68 Å². The molecule has 6 heteroatoms. The first-order chi connectivity index (χ1) is 6.74. The first-order valence-electron chi connectivity index (χ1n) is 4.71. The van der Waals surface area contributed by atoms with Crippen LogP contribution in [0.2, 0.25) is 0 Å². The first kappa shape index (κ1) is 10.6. The Kier molecular flexibility index (Phi) is 4.03. The van der Waals surface area contributed by atoms with E-state index in [0.29, 0.717) is 13.0 Å². The third-order valence-corrected chi connectivity index (χ3v) is 1.93. The highest BCUT2D eigenvalue weighted by Crippen LogP contribution is 2.00. The van der Waals surface area contributed by atoms with Gasteiger partial charge < -0.3 is 5.11 Å². The molecule has 0 amide bonds. The van der Waals surface area contributed by atoms with Crippen LogP contribution in [0.4, 0.5) is 0 Å². The molecule has 0 saturated carbocycles. The summed E-state index contributed by atoms with van der Waals surface area (Å²) in [6.45, 7) is 2.68. The van der Waals surface area contributed by atoms with Crippen LogP contribution in [0, 0.1) is 0 Å². The molecule has 0 spiro atoms. The van der Waals surface area contributed by atoms with Gasteiger partial charge in [-0.05, 0) is 23.3 Å². The Morgan fingerprint density at radius 3 is 2.93 bits per heavy atom. The summed E-state index contributed by atoms with van der Waals surface area (Å²) in [5.41, 5.74) is 0. The third-order valence-electron chi connectivity index (χ3n) is 1.93. The fourth-order valence-corrected chi connectivity index (χ4v) is 1.19. The van der Waals surface area contributed by atoms with Crippen LogP contribution in [0.5, 0.6) is 0 Å². The number of nitrogens with zero attached hydrogens (tertiary/aromatic N) is 4. The number of aryl methyl sites for hydroxylation is 2. The smallest absolute Gasteiger partial charge is 0.303 e. The Balaban J connectivity index is 2.27. The number of aromatic nitrogens is 4. The van der Waals surface area contributed by atoms with Gasteiger partial charge >= 0.3 is 5.97 Å². The van der Waals surface area contributed by atoms with Crippen LogP contribution in [-0.2, 0) is 17.8 Å². The lowest BCUT2D eigenvalue weighted by atomic mass is 10.2. The van der Waals surface area contributed by atoms with Gasteiger partial charge in [0.05, 0.1) is 0 Å². The number of hydrogen-bond acceptors (Lipinski definition) is 4. The Hall–Kier alpha value is -1.46. The van der Waals surface area contributed by atoms with Crippen molar-refractivity contribution in [3.05, 3.63) is 5.82 Å². The minimum Gasteiger partial charge on any atom is -0.481 e. The number of unbranched alkanes of at least 4 members (excludes halogenated alkanes) is 1. The van der Waals surface area contributed by atoms with Crippen molar-refractivity contribution in [3.8, 4) is 0 Å². The standard InChI is InChI=1S/C8H14N4O2/c1-2-7-9-10-11-12(7)6-4-3-5-8(13)14/h2-6H2,1H3,(H,13,14). The Morgan fingerprint density at radius 2 is 2.29 bits per heavy atom. The molecule has 0 aliphatic carbocycles. The summed E-state index contributed by atoms with van der Waals surface area (Å²) in [6, 6.07) is 0. The van der Waals surface area contributed by atoms with E-state index in [9.17, 15) is 4.79 Å². The fraction of sp³-hybridized carbons (Fsp3) is 0.750. The summed E-state index contributed by atoms with van der Waals surface area (Å²) < 4.78 is 1.72. The number of carboxylic acid groups (broad SMARTS) is 1. The van der Waals surface area contributed by atoms with Crippen LogP contribution in [0.15, 0.2) is 0 Å². The SMILES string of the molecule is CCc1nnnn1CCCCC(=O)O. The van der Waals surface area contributed by atoms with Crippen LogP contribution < -0.4 is 0 Å². The predicted molar refractivity (Wildman–Crippen MR) is 48.7 cm³/mol. The zero-order chi connectivity index (χ0) is 10.4. The highest BCUT2D eigenvalue weighted by Gasteiger charge is 2.03. The molecule has 0 aliphatic rings. The first-order valence-corrected chi connectivity index (χ1v) is 4.71. The minimum absolute atomic E-state index is 0.212. The summed E-state index contributed by atoms with van der Waals surface area (Å²) in [6.07, 6.45) is 2.47. The van der Waals surface area contributed by atoms with E-state index in [1.54, 1.807) is 4.68 Å². The maximum atomic E-state index is 10.2. The number of aliphatic carboxylic acids is 1. The second-order valence-corrected chi connectivity index (χ2v) is 3.02. The van der Waals surface area contributed by atoms with Gasteiger partial charge in [0.1, 0.15) is 0 Å². The van der Waals surface area contributed by atoms with E-state index in [4.69, 9.17) is 5.11 Å². The Bertz CT molecular complexity index is 297. The zero-order valence-corrected chi connectivity index (χ0v) is 8.18. The van der Waals surface area contributed by atoms with E-state index in [1.165, 1.54) is 0 Å². The highest BCUT2D eigenvalue weighted by atomic mass is 16.4. The van der Waals surface area contributed by atoms with Crippen molar-refractivity contribution in [1.82, 2.24) is 20.2 Å². The molecular formula is C8H14N4O2. The largest absolute Gasteiger partial charge is 0.481 e. The van der Waals surface area contributed by atoms with E-state index in [0.717, 1.165) is 18.7 Å². The summed E-state index contributed by atoms with van der Waals surface area (Å²) in [4.78, 5) is 10.2. The van der Waals surface area contributed by atoms with Gasteiger partial charge in [-0.15, -0.1) is 5.10 Å². The molecule has 1 heterocycles. The molecule has 1 aromatic rings. The van der Waals surface area contributed by atoms with Gasteiger partial charge in [0.15, 0.2) is 5.82 Å². The molecule has 0 unspecified atom stereocenters. The van der Waals surface area contributed by atoms with E-state index < -0.39 is 5.97 Å². The topological polar surface area (TPSA) is 80.9 Å². The van der Waals surface area contributed by atoms with Crippen LogP contribution >= 0.6 is 0 Å². The summed E-state index contributed by atoms with van der Waals surface area (Å²) in [7, 11) is 0. The summed E-state index contributed by atoms with van der Waals surface area (Å²) in [5.74, 6) is 0.0951. The summed E-state index contributed by atoms with van der Waals surface area (Å²) in [5, 5.41) is 19.6. The summed E-state index contributed by atoms with van der Waals surface area (Å²) >= 11 is 0. The van der Waals surface area contributed by atoms with E-state index in [2.05, 4.69) is 15.5 Å². The molecule has 0 atom stereocenters. The molecule has 0 bridgehead atoms. The molecule has 0 fully saturated rings. The van der Waals surface area contributed by atoms with E-state index in [1.807, 2.05) is 6.92 Å².